The fraction of sp³-hybridized carbons (Fsp3) is 0.481. The molecule has 1 saturated carbocycles. The van der Waals surface area contributed by atoms with Gasteiger partial charge in [0.15, 0.2) is 5.65 Å². The van der Waals surface area contributed by atoms with Gasteiger partial charge in [-0.05, 0) is 29.9 Å². The summed E-state index contributed by atoms with van der Waals surface area (Å²) >= 11 is 1.47. The molecule has 5 heterocycles. The molecule has 6 rings (SSSR count). The van der Waals surface area contributed by atoms with E-state index in [2.05, 4.69) is 25.4 Å². The van der Waals surface area contributed by atoms with Crippen molar-refractivity contribution in [1.29, 1.82) is 0 Å². The number of hydrogen-bond acceptors (Lipinski definition) is 7. The van der Waals surface area contributed by atoms with E-state index in [9.17, 15) is 4.79 Å². The molecule has 1 N–H and O–H groups in total. The van der Waals surface area contributed by atoms with Crippen molar-refractivity contribution < 1.29 is 9.53 Å². The van der Waals surface area contributed by atoms with Gasteiger partial charge in [0.2, 0.25) is 0 Å². The molecule has 10 heteroatoms. The molecule has 0 unspecified atom stereocenters. The van der Waals surface area contributed by atoms with Crippen LogP contribution in [0.1, 0.15) is 48.2 Å². The third kappa shape index (κ3) is 4.93. The summed E-state index contributed by atoms with van der Waals surface area (Å²) in [4.78, 5) is 21.2. The predicted molar refractivity (Wildman–Crippen MR) is 144 cm³/mol. The van der Waals surface area contributed by atoms with Crippen LogP contribution in [0.25, 0.3) is 27.9 Å². The summed E-state index contributed by atoms with van der Waals surface area (Å²) in [5, 5.41) is 14.1. The standard InChI is InChI=1S/C27H33N7O2S/c1-32-16-22(14-30-32)21-13-28-25-23(15-31-34(25)17-21)20-12-24(37-18-20)26(35)29-19-27(6-4-2-3-5-7-27)33-8-10-36-11-9-33/h12-18H,2-11,19H2,1H3,(H,29,35). The average molecular weight is 520 g/mol. The van der Waals surface area contributed by atoms with Crippen molar-refractivity contribution in [3.8, 4) is 22.3 Å². The molecule has 0 radical (unpaired) electrons. The van der Waals surface area contributed by atoms with Crippen LogP contribution in [0.3, 0.4) is 0 Å². The van der Waals surface area contributed by atoms with Crippen molar-refractivity contribution in [3.05, 3.63) is 47.3 Å². The van der Waals surface area contributed by atoms with E-state index in [-0.39, 0.29) is 11.4 Å². The Labute approximate surface area is 220 Å². The topological polar surface area (TPSA) is 89.6 Å². The highest BCUT2D eigenvalue weighted by atomic mass is 32.1. The first-order valence-corrected chi connectivity index (χ1v) is 14.0. The fourth-order valence-electron chi connectivity index (χ4n) is 5.76. The van der Waals surface area contributed by atoms with Gasteiger partial charge in [0.05, 0.1) is 30.5 Å². The number of hydrogen-bond donors (Lipinski definition) is 1. The fourth-order valence-corrected chi connectivity index (χ4v) is 6.58. The Balaban J connectivity index is 1.18. The van der Waals surface area contributed by atoms with Gasteiger partial charge in [-0.3, -0.25) is 14.4 Å². The number of amides is 1. The molecule has 9 nitrogen and oxygen atoms in total. The summed E-state index contributed by atoms with van der Waals surface area (Å²) in [6.07, 6.45) is 16.7. The number of fused-ring (bicyclic) bond motifs is 1. The maximum Gasteiger partial charge on any atom is 0.261 e. The molecular weight excluding hydrogens is 486 g/mol. The number of nitrogens with zero attached hydrogens (tertiary/aromatic N) is 6. The SMILES string of the molecule is Cn1cc(-c2cnc3c(-c4csc(C(=O)NCC5(N6CCOCC6)CCCCCC5)c4)cnn3c2)cn1. The number of aromatic nitrogens is 5. The molecule has 0 spiro atoms. The van der Waals surface area contributed by atoms with Crippen LogP contribution in [0.15, 0.2) is 42.4 Å². The van der Waals surface area contributed by atoms with Crippen molar-refractivity contribution in [3.63, 3.8) is 0 Å². The van der Waals surface area contributed by atoms with Crippen LogP contribution in [-0.4, -0.2) is 73.6 Å². The Bertz CT molecular complexity index is 1380. The van der Waals surface area contributed by atoms with E-state index >= 15 is 0 Å². The van der Waals surface area contributed by atoms with Crippen LogP contribution < -0.4 is 5.32 Å². The second kappa shape index (κ2) is 10.4. The molecule has 1 aliphatic carbocycles. The smallest absolute Gasteiger partial charge is 0.261 e. The number of aryl methyl sites for hydroxylation is 1. The first-order chi connectivity index (χ1) is 18.1. The Morgan fingerprint density at radius 2 is 1.81 bits per heavy atom. The molecule has 1 aliphatic heterocycles. The summed E-state index contributed by atoms with van der Waals surface area (Å²) < 4.78 is 9.17. The Kier molecular flexibility index (Phi) is 6.79. The van der Waals surface area contributed by atoms with Gasteiger partial charge in [0.25, 0.3) is 5.91 Å². The van der Waals surface area contributed by atoms with E-state index < -0.39 is 0 Å². The first kappa shape index (κ1) is 24.3. The largest absolute Gasteiger partial charge is 0.379 e. The molecule has 37 heavy (non-hydrogen) atoms. The van der Waals surface area contributed by atoms with Crippen molar-refractivity contribution in [1.82, 2.24) is 34.6 Å². The molecule has 194 valence electrons. The lowest BCUT2D eigenvalue weighted by atomic mass is 9.87. The molecule has 1 saturated heterocycles. The lowest BCUT2D eigenvalue weighted by molar-refractivity contribution is -0.0281. The lowest BCUT2D eigenvalue weighted by Crippen LogP contribution is -2.58. The number of morpholine rings is 1. The zero-order valence-electron chi connectivity index (χ0n) is 21.2. The zero-order valence-corrected chi connectivity index (χ0v) is 22.0. The van der Waals surface area contributed by atoms with Gasteiger partial charge in [-0.1, -0.05) is 25.7 Å². The molecule has 4 aromatic heterocycles. The number of nitrogens with one attached hydrogen (secondary N) is 1. The monoisotopic (exact) mass is 519 g/mol. The molecule has 2 fully saturated rings. The van der Waals surface area contributed by atoms with Crippen molar-refractivity contribution in [2.75, 3.05) is 32.8 Å². The number of carbonyl (C=O) groups is 1. The van der Waals surface area contributed by atoms with Crippen LogP contribution in [0.5, 0.6) is 0 Å². The Morgan fingerprint density at radius 1 is 1.03 bits per heavy atom. The van der Waals surface area contributed by atoms with E-state index in [1.165, 1.54) is 37.0 Å². The normalized spacial score (nSPS) is 18.6. The van der Waals surface area contributed by atoms with Gasteiger partial charge in [-0.15, -0.1) is 11.3 Å². The van der Waals surface area contributed by atoms with Crippen LogP contribution >= 0.6 is 11.3 Å². The van der Waals surface area contributed by atoms with E-state index in [0.29, 0.717) is 11.4 Å². The Morgan fingerprint density at radius 3 is 2.57 bits per heavy atom. The minimum absolute atomic E-state index is 0.00331. The summed E-state index contributed by atoms with van der Waals surface area (Å²) in [5.74, 6) is -0.00331. The van der Waals surface area contributed by atoms with Gasteiger partial charge in [0.1, 0.15) is 0 Å². The second-order valence-electron chi connectivity index (χ2n) is 10.2. The molecule has 1 amide bonds. The number of carbonyl (C=O) groups excluding carboxylic acids is 1. The lowest BCUT2D eigenvalue weighted by Gasteiger charge is -2.45. The van der Waals surface area contributed by atoms with E-state index in [4.69, 9.17) is 4.74 Å². The minimum atomic E-state index is -0.00331. The van der Waals surface area contributed by atoms with Crippen molar-refractivity contribution in [2.24, 2.45) is 7.05 Å². The zero-order chi connectivity index (χ0) is 25.2. The van der Waals surface area contributed by atoms with Crippen LogP contribution in [0.4, 0.5) is 0 Å². The van der Waals surface area contributed by atoms with Crippen LogP contribution in [0, 0.1) is 0 Å². The third-order valence-electron chi connectivity index (χ3n) is 7.82. The maximum atomic E-state index is 13.3. The molecule has 4 aromatic rings. The molecule has 0 bridgehead atoms. The summed E-state index contributed by atoms with van der Waals surface area (Å²) in [6, 6.07) is 1.96. The van der Waals surface area contributed by atoms with Gasteiger partial charge < -0.3 is 10.1 Å². The van der Waals surface area contributed by atoms with E-state index in [0.717, 1.165) is 67.0 Å². The van der Waals surface area contributed by atoms with E-state index in [1.807, 2.05) is 49.5 Å². The van der Waals surface area contributed by atoms with E-state index in [1.54, 1.807) is 9.20 Å². The van der Waals surface area contributed by atoms with Crippen molar-refractivity contribution >= 4 is 22.9 Å². The Hall–Kier alpha value is -3.08. The average Bonchev–Trinajstić information content (AvgIpc) is 3.64. The van der Waals surface area contributed by atoms with Crippen molar-refractivity contribution in [2.45, 2.75) is 44.1 Å². The van der Waals surface area contributed by atoms with Crippen LogP contribution in [-0.2, 0) is 11.8 Å². The minimum Gasteiger partial charge on any atom is -0.379 e. The molecule has 2 aliphatic rings. The summed E-state index contributed by atoms with van der Waals surface area (Å²) in [7, 11) is 1.89. The quantitative estimate of drug-likeness (QED) is 0.387. The summed E-state index contributed by atoms with van der Waals surface area (Å²) in [6.45, 7) is 4.14. The summed E-state index contributed by atoms with van der Waals surface area (Å²) in [5.41, 5.74) is 4.63. The van der Waals surface area contributed by atoms with Crippen LogP contribution in [0.2, 0.25) is 0 Å². The highest BCUT2D eigenvalue weighted by Gasteiger charge is 2.38. The third-order valence-corrected chi connectivity index (χ3v) is 8.75. The number of ether oxygens (including phenoxy) is 1. The second-order valence-corrected chi connectivity index (χ2v) is 11.1. The predicted octanol–water partition coefficient (Wildman–Crippen LogP) is 4.01. The highest BCUT2D eigenvalue weighted by Crippen LogP contribution is 2.34. The van der Waals surface area contributed by atoms with Gasteiger partial charge in [0, 0.05) is 67.5 Å². The number of thiophene rings is 1. The van der Waals surface area contributed by atoms with Gasteiger partial charge in [-0.2, -0.15) is 10.2 Å². The van der Waals surface area contributed by atoms with Gasteiger partial charge in [-0.25, -0.2) is 9.50 Å². The molecular formula is C27H33N7O2S. The number of rotatable bonds is 6. The highest BCUT2D eigenvalue weighted by molar-refractivity contribution is 7.12. The van der Waals surface area contributed by atoms with Gasteiger partial charge >= 0.3 is 0 Å². The maximum absolute atomic E-state index is 13.3. The molecule has 0 aromatic carbocycles. The molecule has 0 atom stereocenters. The first-order valence-electron chi connectivity index (χ1n) is 13.1.